The number of aromatic nitrogens is 3. The van der Waals surface area contributed by atoms with Crippen LogP contribution in [0.2, 0.25) is 0 Å². The first-order valence-corrected chi connectivity index (χ1v) is 4.87. The molecule has 0 aliphatic carbocycles. The lowest BCUT2D eigenvalue weighted by Gasteiger charge is -2.11. The molecule has 1 unspecified atom stereocenters. The second kappa shape index (κ2) is 4.14. The third kappa shape index (κ3) is 1.79. The van der Waals surface area contributed by atoms with Crippen molar-refractivity contribution in [3.05, 3.63) is 48.0 Å². The van der Waals surface area contributed by atoms with Crippen LogP contribution in [0.15, 0.2) is 30.5 Å². The van der Waals surface area contributed by atoms with E-state index in [1.807, 2.05) is 25.1 Å². The summed E-state index contributed by atoms with van der Waals surface area (Å²) in [5.41, 5.74) is 6.74. The van der Waals surface area contributed by atoms with Crippen LogP contribution in [-0.2, 0) is 0 Å². The summed E-state index contributed by atoms with van der Waals surface area (Å²) in [7, 11) is 0. The van der Waals surface area contributed by atoms with Crippen LogP contribution in [0.5, 0.6) is 0 Å². The number of pyridine rings is 1. The monoisotopic (exact) mass is 215 g/mol. The lowest BCUT2D eigenvalue weighted by Crippen LogP contribution is -2.24. The van der Waals surface area contributed by atoms with Gasteiger partial charge in [-0.2, -0.15) is 9.78 Å². The number of nitrogens with zero attached hydrogens (tertiary/aromatic N) is 3. The molecule has 0 spiro atoms. The van der Waals surface area contributed by atoms with E-state index in [1.165, 1.54) is 0 Å². The topological polar surface area (TPSA) is 73.8 Å². The Kier molecular flexibility index (Phi) is 2.68. The van der Waals surface area contributed by atoms with Crippen molar-refractivity contribution in [2.24, 2.45) is 5.73 Å². The van der Waals surface area contributed by atoms with Crippen molar-refractivity contribution in [1.29, 1.82) is 0 Å². The summed E-state index contributed by atoms with van der Waals surface area (Å²) in [4.78, 5) is 15.3. The zero-order valence-corrected chi connectivity index (χ0v) is 8.79. The summed E-state index contributed by atoms with van der Waals surface area (Å²) in [6.45, 7) is 1.94. The molecule has 0 aliphatic heterocycles. The first-order valence-electron chi connectivity index (χ1n) is 4.87. The standard InChI is InChI=1S/C11H11N4O/c1-8(9-4-2-3-6-13-9)10-5-7-14-15(10)11(12)16/h2-6,8H,1H3,(H2,12,16). The van der Waals surface area contributed by atoms with Gasteiger partial charge in [0.1, 0.15) is 6.20 Å². The number of rotatable bonds is 2. The molecular formula is C11H11N4O. The summed E-state index contributed by atoms with van der Waals surface area (Å²) >= 11 is 0. The quantitative estimate of drug-likeness (QED) is 0.816. The maximum Gasteiger partial charge on any atom is 0.339 e. The lowest BCUT2D eigenvalue weighted by molar-refractivity contribution is 0.246. The van der Waals surface area contributed by atoms with Crippen LogP contribution in [0.25, 0.3) is 0 Å². The van der Waals surface area contributed by atoms with Crippen molar-refractivity contribution in [2.75, 3.05) is 0 Å². The van der Waals surface area contributed by atoms with Crippen LogP contribution >= 0.6 is 0 Å². The number of nitrogens with two attached hydrogens (primary N) is 1. The molecule has 0 saturated carbocycles. The molecule has 5 nitrogen and oxygen atoms in total. The Morgan fingerprint density at radius 2 is 2.38 bits per heavy atom. The summed E-state index contributed by atoms with van der Waals surface area (Å²) in [5, 5.41) is 3.75. The molecule has 1 radical (unpaired) electrons. The smallest absolute Gasteiger partial charge is 0.339 e. The van der Waals surface area contributed by atoms with Gasteiger partial charge >= 0.3 is 6.03 Å². The molecular weight excluding hydrogens is 204 g/mol. The second-order valence-electron chi connectivity index (χ2n) is 3.42. The number of hydrogen-bond donors (Lipinski definition) is 1. The second-order valence-corrected chi connectivity index (χ2v) is 3.42. The Bertz CT molecular complexity index is 492. The molecule has 2 aromatic heterocycles. The summed E-state index contributed by atoms with van der Waals surface area (Å²) < 4.78 is 1.14. The number of carbonyl (C=O) groups is 1. The average Bonchev–Trinajstić information content (AvgIpc) is 2.78. The Morgan fingerprint density at radius 1 is 1.56 bits per heavy atom. The number of hydrogen-bond acceptors (Lipinski definition) is 3. The fraction of sp³-hybridized carbons (Fsp3) is 0.182. The number of carbonyl (C=O) groups excluding carboxylic acids is 1. The van der Waals surface area contributed by atoms with E-state index in [0.29, 0.717) is 5.69 Å². The van der Waals surface area contributed by atoms with Gasteiger partial charge in [-0.1, -0.05) is 13.0 Å². The van der Waals surface area contributed by atoms with Gasteiger partial charge in [-0.05, 0) is 18.2 Å². The van der Waals surface area contributed by atoms with Crippen molar-refractivity contribution in [3.63, 3.8) is 0 Å². The van der Waals surface area contributed by atoms with Crippen LogP contribution in [0.3, 0.4) is 0 Å². The predicted octanol–water partition coefficient (Wildman–Crippen LogP) is 1.16. The minimum absolute atomic E-state index is 0.0487. The molecule has 81 valence electrons. The third-order valence-electron chi connectivity index (χ3n) is 2.40. The van der Waals surface area contributed by atoms with Crippen LogP contribution < -0.4 is 5.73 Å². The number of primary amides is 1. The zero-order chi connectivity index (χ0) is 11.5. The van der Waals surface area contributed by atoms with Gasteiger partial charge < -0.3 is 5.73 Å². The Labute approximate surface area is 92.9 Å². The molecule has 0 aliphatic rings. The minimum atomic E-state index is -0.612. The van der Waals surface area contributed by atoms with E-state index < -0.39 is 6.03 Å². The van der Waals surface area contributed by atoms with E-state index in [9.17, 15) is 4.79 Å². The fourth-order valence-electron chi connectivity index (χ4n) is 1.54. The summed E-state index contributed by atoms with van der Waals surface area (Å²) in [5.74, 6) is -0.0487. The van der Waals surface area contributed by atoms with Gasteiger partial charge in [0.25, 0.3) is 0 Å². The van der Waals surface area contributed by atoms with Crippen LogP contribution in [0.1, 0.15) is 24.2 Å². The molecule has 1 amide bonds. The van der Waals surface area contributed by atoms with Gasteiger partial charge in [0.05, 0.1) is 5.69 Å². The Balaban J connectivity index is 2.38. The highest BCUT2D eigenvalue weighted by atomic mass is 16.2. The highest BCUT2D eigenvalue weighted by Gasteiger charge is 2.16. The fourth-order valence-corrected chi connectivity index (χ4v) is 1.54. The van der Waals surface area contributed by atoms with Crippen molar-refractivity contribution in [3.8, 4) is 0 Å². The maximum absolute atomic E-state index is 11.1. The molecule has 0 aromatic carbocycles. The number of amides is 1. The van der Waals surface area contributed by atoms with E-state index in [4.69, 9.17) is 5.73 Å². The molecule has 5 heteroatoms. The first-order chi connectivity index (χ1) is 7.70. The molecule has 2 heterocycles. The van der Waals surface area contributed by atoms with Crippen molar-refractivity contribution < 1.29 is 4.79 Å². The predicted molar refractivity (Wildman–Crippen MR) is 57.8 cm³/mol. The van der Waals surface area contributed by atoms with Gasteiger partial charge in [-0.15, -0.1) is 0 Å². The molecule has 2 rings (SSSR count). The largest absolute Gasteiger partial charge is 0.350 e. The first kappa shape index (κ1) is 10.4. The Morgan fingerprint density at radius 3 is 3.00 bits per heavy atom. The molecule has 0 fully saturated rings. The van der Waals surface area contributed by atoms with Gasteiger partial charge in [0.15, 0.2) is 0 Å². The van der Waals surface area contributed by atoms with Crippen LogP contribution in [0, 0.1) is 6.20 Å². The zero-order valence-electron chi connectivity index (χ0n) is 8.79. The van der Waals surface area contributed by atoms with Gasteiger partial charge in [-0.3, -0.25) is 4.98 Å². The summed E-state index contributed by atoms with van der Waals surface area (Å²) in [6, 6.07) is 6.66. The Hall–Kier alpha value is -2.17. The minimum Gasteiger partial charge on any atom is -0.350 e. The van der Waals surface area contributed by atoms with Gasteiger partial charge in [-0.25, -0.2) is 4.79 Å². The highest BCUT2D eigenvalue weighted by molar-refractivity contribution is 5.74. The molecule has 0 saturated heterocycles. The van der Waals surface area contributed by atoms with Gasteiger partial charge in [0, 0.05) is 17.8 Å². The molecule has 16 heavy (non-hydrogen) atoms. The van der Waals surface area contributed by atoms with E-state index in [2.05, 4.69) is 16.3 Å². The van der Waals surface area contributed by atoms with Crippen molar-refractivity contribution >= 4 is 6.03 Å². The lowest BCUT2D eigenvalue weighted by atomic mass is 10.0. The SMILES string of the molecule is CC(c1ccccn1)c1c[c]nn1C(N)=O. The molecule has 0 bridgehead atoms. The third-order valence-corrected chi connectivity index (χ3v) is 2.40. The van der Waals surface area contributed by atoms with Crippen LogP contribution in [-0.4, -0.2) is 20.8 Å². The van der Waals surface area contributed by atoms with Crippen molar-refractivity contribution in [1.82, 2.24) is 14.8 Å². The molecule has 2 aromatic rings. The van der Waals surface area contributed by atoms with E-state index in [0.717, 1.165) is 10.4 Å². The van der Waals surface area contributed by atoms with Crippen LogP contribution in [0.4, 0.5) is 4.79 Å². The molecule has 2 N–H and O–H groups in total. The van der Waals surface area contributed by atoms with E-state index in [1.54, 1.807) is 12.3 Å². The maximum atomic E-state index is 11.1. The van der Waals surface area contributed by atoms with E-state index in [-0.39, 0.29) is 5.92 Å². The van der Waals surface area contributed by atoms with Gasteiger partial charge in [0.2, 0.25) is 0 Å². The normalized spacial score (nSPS) is 12.3. The molecule has 1 atom stereocenters. The van der Waals surface area contributed by atoms with Crippen molar-refractivity contribution in [2.45, 2.75) is 12.8 Å². The highest BCUT2D eigenvalue weighted by Crippen LogP contribution is 2.21. The average molecular weight is 215 g/mol. The summed E-state index contributed by atoms with van der Waals surface area (Å²) in [6.07, 6.45) is 4.32. The van der Waals surface area contributed by atoms with E-state index >= 15 is 0 Å².